The lowest BCUT2D eigenvalue weighted by Crippen LogP contribution is -2.28. The molecule has 2 aliphatic rings. The van der Waals surface area contributed by atoms with Crippen molar-refractivity contribution < 1.29 is 40.4 Å². The number of benzene rings is 2. The van der Waals surface area contributed by atoms with Crippen LogP contribution in [0.4, 0.5) is 17.1 Å². The summed E-state index contributed by atoms with van der Waals surface area (Å²) >= 11 is 0. The molecular formula is C36H46N3O8S2+. The van der Waals surface area contributed by atoms with Gasteiger partial charge in [-0.2, -0.15) is 21.4 Å². The number of nitrogens with zero attached hydrogens (tertiary/aromatic N) is 3. The van der Waals surface area contributed by atoms with Crippen LogP contribution in [0, 0.1) is 0 Å². The van der Waals surface area contributed by atoms with Crippen LogP contribution in [0.2, 0.25) is 0 Å². The van der Waals surface area contributed by atoms with Gasteiger partial charge in [-0.05, 0) is 62.2 Å². The van der Waals surface area contributed by atoms with E-state index in [1.807, 2.05) is 92.4 Å². The number of carboxylic acids is 1. The van der Waals surface area contributed by atoms with Crippen LogP contribution in [0.3, 0.4) is 0 Å². The lowest BCUT2D eigenvalue weighted by molar-refractivity contribution is -0.437. The summed E-state index contributed by atoms with van der Waals surface area (Å²) in [5, 5.41) is 9.57. The topological polar surface area (TPSA) is 156 Å². The first kappa shape index (κ1) is 37.8. The fourth-order valence-electron chi connectivity index (χ4n) is 6.53. The molecule has 0 fully saturated rings. The van der Waals surface area contributed by atoms with E-state index in [1.54, 1.807) is 12.1 Å². The van der Waals surface area contributed by atoms with Gasteiger partial charge < -0.3 is 14.9 Å². The molecule has 2 aromatic rings. The molecule has 2 aliphatic heterocycles. The Balaban J connectivity index is 1.59. The van der Waals surface area contributed by atoms with Crippen LogP contribution in [0.1, 0.15) is 62.0 Å². The van der Waals surface area contributed by atoms with Gasteiger partial charge in [0, 0.05) is 67.3 Å². The van der Waals surface area contributed by atoms with Crippen molar-refractivity contribution in [2.45, 2.75) is 51.4 Å². The maximum atomic E-state index is 11.7. The maximum absolute atomic E-state index is 11.7. The molecule has 0 aromatic heterocycles. The van der Waals surface area contributed by atoms with E-state index in [-0.39, 0.29) is 35.3 Å². The SMILES string of the molecule is CN(C)c1ccc2c(c1)C(C)(C)C(C=CC=CC=CC=C1N(CCCS(=O)(=O)O)c3ccc(C(=O)O)cc3C1(C)C)=[N+]2CCCS(=O)(=O)O. The minimum Gasteiger partial charge on any atom is -0.478 e. The van der Waals surface area contributed by atoms with Crippen LogP contribution >= 0.6 is 0 Å². The molecule has 3 N–H and O–H groups in total. The number of carboxylic acid groups (broad SMARTS) is 1. The van der Waals surface area contributed by atoms with Gasteiger partial charge in [-0.1, -0.05) is 44.2 Å². The number of hydrogen-bond donors (Lipinski definition) is 3. The first-order valence-electron chi connectivity index (χ1n) is 16.0. The Hall–Kier alpha value is -4.04. The predicted octanol–water partition coefficient (Wildman–Crippen LogP) is 5.73. The summed E-state index contributed by atoms with van der Waals surface area (Å²) in [6.07, 6.45) is 13.8. The summed E-state index contributed by atoms with van der Waals surface area (Å²) < 4.78 is 66.3. The molecule has 0 amide bonds. The fraction of sp³-hybridized carbons (Fsp3) is 0.389. The lowest BCUT2D eigenvalue weighted by Gasteiger charge is -2.27. The molecule has 0 saturated heterocycles. The summed E-state index contributed by atoms with van der Waals surface area (Å²) in [5.74, 6) is -1.75. The van der Waals surface area contributed by atoms with Gasteiger partial charge in [0.15, 0.2) is 5.71 Å². The first-order chi connectivity index (χ1) is 22.7. The van der Waals surface area contributed by atoms with Gasteiger partial charge in [0.1, 0.15) is 6.54 Å². The summed E-state index contributed by atoms with van der Waals surface area (Å²) in [6, 6.07) is 11.1. The van der Waals surface area contributed by atoms with Crippen LogP contribution in [0.15, 0.2) is 84.6 Å². The average Bonchev–Trinajstić information content (AvgIpc) is 3.33. The minimum absolute atomic E-state index is 0.165. The molecule has 0 bridgehead atoms. The average molecular weight is 713 g/mol. The van der Waals surface area contributed by atoms with Crippen molar-refractivity contribution in [1.82, 2.24) is 0 Å². The van der Waals surface area contributed by atoms with Crippen molar-refractivity contribution in [3.8, 4) is 0 Å². The Bertz CT molecular complexity index is 1990. The lowest BCUT2D eigenvalue weighted by atomic mass is 9.81. The Morgan fingerprint density at radius 3 is 2.10 bits per heavy atom. The van der Waals surface area contributed by atoms with Crippen molar-refractivity contribution in [3.63, 3.8) is 0 Å². The quantitative estimate of drug-likeness (QED) is 0.126. The fourth-order valence-corrected chi connectivity index (χ4v) is 7.52. The smallest absolute Gasteiger partial charge is 0.335 e. The molecule has 11 nitrogen and oxygen atoms in total. The van der Waals surface area contributed by atoms with Crippen LogP contribution in [0.25, 0.3) is 0 Å². The molecule has 49 heavy (non-hydrogen) atoms. The van der Waals surface area contributed by atoms with Gasteiger partial charge >= 0.3 is 5.97 Å². The van der Waals surface area contributed by atoms with Gasteiger partial charge in [0.05, 0.1) is 22.5 Å². The first-order valence-corrected chi connectivity index (χ1v) is 19.2. The Labute approximate surface area is 289 Å². The van der Waals surface area contributed by atoms with E-state index < -0.39 is 31.6 Å². The maximum Gasteiger partial charge on any atom is 0.335 e. The molecule has 0 spiro atoms. The van der Waals surface area contributed by atoms with Crippen LogP contribution in [0.5, 0.6) is 0 Å². The highest BCUT2D eigenvalue weighted by molar-refractivity contribution is 7.86. The van der Waals surface area contributed by atoms with E-state index in [2.05, 4.69) is 24.5 Å². The number of rotatable bonds is 14. The van der Waals surface area contributed by atoms with E-state index in [0.29, 0.717) is 13.1 Å². The van der Waals surface area contributed by atoms with Crippen LogP contribution in [-0.2, 0) is 31.1 Å². The zero-order valence-electron chi connectivity index (χ0n) is 28.8. The molecular weight excluding hydrogens is 667 g/mol. The number of anilines is 2. The molecule has 0 radical (unpaired) electrons. The number of aromatic carboxylic acids is 1. The van der Waals surface area contributed by atoms with E-state index in [4.69, 9.17) is 0 Å². The van der Waals surface area contributed by atoms with Gasteiger partial charge in [-0.3, -0.25) is 9.11 Å². The van der Waals surface area contributed by atoms with E-state index in [9.17, 15) is 35.8 Å². The minimum atomic E-state index is -4.13. The number of fused-ring (bicyclic) bond motifs is 2. The highest BCUT2D eigenvalue weighted by atomic mass is 32.2. The van der Waals surface area contributed by atoms with Crippen molar-refractivity contribution in [2.24, 2.45) is 0 Å². The van der Waals surface area contributed by atoms with Crippen LogP contribution < -0.4 is 9.80 Å². The predicted molar refractivity (Wildman–Crippen MR) is 195 cm³/mol. The normalized spacial score (nSPS) is 18.0. The second kappa shape index (κ2) is 14.4. The molecule has 2 aromatic carbocycles. The molecule has 2 heterocycles. The number of allylic oxidation sites excluding steroid dienone is 8. The second-order valence-corrected chi connectivity index (χ2v) is 16.7. The third-order valence-electron chi connectivity index (χ3n) is 9.05. The van der Waals surface area contributed by atoms with Crippen molar-refractivity contribution in [3.05, 3.63) is 101 Å². The van der Waals surface area contributed by atoms with E-state index >= 15 is 0 Å². The Morgan fingerprint density at radius 2 is 1.47 bits per heavy atom. The van der Waals surface area contributed by atoms with Gasteiger partial charge in [0.25, 0.3) is 20.2 Å². The summed E-state index contributed by atoms with van der Waals surface area (Å²) in [4.78, 5) is 15.7. The standard InChI is InChI=1S/C36H45N3O8S2/c1-35(2)28-24-26(34(40)41)16-18-30(28)38(20-12-22-48(42,43)44)32(35)14-10-8-7-9-11-15-33-36(3,4)29-25-27(37(5)6)17-19-31(29)39(33)21-13-23-49(45,46)47/h7-11,14-19,24-25H,12-13,20-23H2,1-6H3,(H2-,40,41,42,43,44,45,46,47)/p+1. The van der Waals surface area contributed by atoms with Gasteiger partial charge in [0.2, 0.25) is 5.69 Å². The largest absolute Gasteiger partial charge is 0.478 e. The second-order valence-electron chi connectivity index (χ2n) is 13.5. The molecule has 0 unspecified atom stereocenters. The number of carbonyl (C=O) groups is 1. The van der Waals surface area contributed by atoms with E-state index in [0.717, 1.165) is 39.6 Å². The van der Waals surface area contributed by atoms with Crippen molar-refractivity contribution in [1.29, 1.82) is 0 Å². The van der Waals surface area contributed by atoms with Gasteiger partial charge in [-0.25, -0.2) is 4.79 Å². The third kappa shape index (κ3) is 8.77. The Kier molecular flexibility index (Phi) is 11.1. The molecule has 0 atom stereocenters. The molecule has 13 heteroatoms. The Morgan fingerprint density at radius 1 is 0.837 bits per heavy atom. The van der Waals surface area contributed by atoms with E-state index in [1.165, 1.54) is 6.07 Å². The zero-order chi connectivity index (χ0) is 36.4. The van der Waals surface area contributed by atoms with Gasteiger partial charge in [-0.15, -0.1) is 0 Å². The highest BCUT2D eigenvalue weighted by Gasteiger charge is 2.44. The van der Waals surface area contributed by atoms with Crippen molar-refractivity contribution >= 4 is 49.0 Å². The molecule has 4 rings (SSSR count). The highest BCUT2D eigenvalue weighted by Crippen LogP contribution is 2.48. The summed E-state index contributed by atoms with van der Waals surface area (Å²) in [5.41, 5.74) is 5.86. The third-order valence-corrected chi connectivity index (χ3v) is 10.7. The zero-order valence-corrected chi connectivity index (χ0v) is 30.4. The summed E-state index contributed by atoms with van der Waals surface area (Å²) in [6.45, 7) is 8.97. The van der Waals surface area contributed by atoms with Crippen LogP contribution in [-0.4, -0.2) is 86.0 Å². The molecule has 0 saturated carbocycles. The number of hydrogen-bond acceptors (Lipinski definition) is 7. The van der Waals surface area contributed by atoms with Crippen molar-refractivity contribution in [2.75, 3.05) is 48.5 Å². The monoisotopic (exact) mass is 712 g/mol. The molecule has 264 valence electrons. The molecule has 0 aliphatic carbocycles. The summed E-state index contributed by atoms with van der Waals surface area (Å²) in [7, 11) is -4.25.